The second kappa shape index (κ2) is 4.93. The van der Waals surface area contributed by atoms with E-state index in [1.807, 2.05) is 0 Å². The van der Waals surface area contributed by atoms with Gasteiger partial charge in [-0.1, -0.05) is 31.9 Å². The number of ether oxygens (including phenoxy) is 1. The smallest absolute Gasteiger partial charge is 0.124 e. The molecule has 2 heteroatoms. The highest BCUT2D eigenvalue weighted by atomic mass is 16.5. The minimum absolute atomic E-state index is 0.142. The average Bonchev–Trinajstić information content (AvgIpc) is 2.76. The molecule has 0 spiro atoms. The number of rotatable bonds is 3. The summed E-state index contributed by atoms with van der Waals surface area (Å²) in [5.41, 5.74) is 10.4. The molecule has 0 aromatic heterocycles. The lowest BCUT2D eigenvalue weighted by atomic mass is 9.77. The fourth-order valence-electron chi connectivity index (χ4n) is 3.38. The quantitative estimate of drug-likeness (QED) is 0.879. The third-order valence-corrected chi connectivity index (χ3v) is 4.54. The Morgan fingerprint density at radius 3 is 2.11 bits per heavy atom. The molecule has 2 rings (SSSR count). The van der Waals surface area contributed by atoms with Gasteiger partial charge in [0.15, 0.2) is 0 Å². The van der Waals surface area contributed by atoms with Crippen LogP contribution in [0.1, 0.15) is 55.3 Å². The summed E-state index contributed by atoms with van der Waals surface area (Å²) in [4.78, 5) is 0. The second-order valence-corrected chi connectivity index (χ2v) is 6.03. The Morgan fingerprint density at radius 2 is 1.67 bits per heavy atom. The molecule has 0 bridgehead atoms. The molecule has 1 atom stereocenters. The normalized spacial score (nSPS) is 19.8. The summed E-state index contributed by atoms with van der Waals surface area (Å²) >= 11 is 0. The highest BCUT2D eigenvalue weighted by molar-refractivity contribution is 5.44. The third kappa shape index (κ3) is 2.26. The van der Waals surface area contributed by atoms with Crippen LogP contribution in [0.2, 0.25) is 0 Å². The lowest BCUT2D eigenvalue weighted by Gasteiger charge is -2.32. The van der Waals surface area contributed by atoms with Crippen molar-refractivity contribution in [3.05, 3.63) is 28.8 Å². The van der Waals surface area contributed by atoms with Crippen LogP contribution in [0.25, 0.3) is 0 Å². The maximum Gasteiger partial charge on any atom is 0.124 e. The van der Waals surface area contributed by atoms with Crippen LogP contribution >= 0.6 is 0 Å². The molecule has 1 aromatic carbocycles. The number of methoxy groups -OCH3 is 1. The number of aryl methyl sites for hydroxylation is 2. The van der Waals surface area contributed by atoms with Crippen LogP contribution in [0.15, 0.2) is 12.1 Å². The van der Waals surface area contributed by atoms with Gasteiger partial charge in [0.05, 0.1) is 7.11 Å². The molecule has 0 radical (unpaired) electrons. The predicted molar refractivity (Wildman–Crippen MR) is 76.0 cm³/mol. The van der Waals surface area contributed by atoms with E-state index in [9.17, 15) is 0 Å². The van der Waals surface area contributed by atoms with Crippen LogP contribution in [-0.4, -0.2) is 7.11 Å². The Morgan fingerprint density at radius 1 is 1.17 bits per heavy atom. The summed E-state index contributed by atoms with van der Waals surface area (Å²) in [5, 5.41) is 0. The largest absolute Gasteiger partial charge is 0.496 e. The molecule has 1 saturated carbocycles. The minimum Gasteiger partial charge on any atom is -0.496 e. The van der Waals surface area contributed by atoms with Gasteiger partial charge in [0, 0.05) is 6.04 Å². The molecule has 0 heterocycles. The van der Waals surface area contributed by atoms with Gasteiger partial charge in [-0.3, -0.25) is 0 Å². The first-order valence-corrected chi connectivity index (χ1v) is 6.88. The van der Waals surface area contributed by atoms with E-state index < -0.39 is 0 Å². The molecule has 0 saturated heterocycles. The van der Waals surface area contributed by atoms with Crippen molar-refractivity contribution in [2.75, 3.05) is 7.11 Å². The van der Waals surface area contributed by atoms with E-state index in [-0.39, 0.29) is 11.5 Å². The Balaban J connectivity index is 2.34. The Hall–Kier alpha value is -1.02. The second-order valence-electron chi connectivity index (χ2n) is 6.03. The van der Waals surface area contributed by atoms with Gasteiger partial charge in [-0.05, 0) is 48.8 Å². The maximum absolute atomic E-state index is 6.52. The van der Waals surface area contributed by atoms with Gasteiger partial charge < -0.3 is 10.5 Å². The Bertz CT molecular complexity index is 410. The molecule has 100 valence electrons. The molecule has 18 heavy (non-hydrogen) atoms. The summed E-state index contributed by atoms with van der Waals surface area (Å²) in [7, 11) is 1.73. The van der Waals surface area contributed by atoms with E-state index in [1.165, 1.54) is 42.4 Å². The zero-order valence-corrected chi connectivity index (χ0v) is 12.0. The molecule has 1 fully saturated rings. The zero-order chi connectivity index (χ0) is 13.3. The predicted octanol–water partition coefficient (Wildman–Crippen LogP) is 3.89. The molecular weight excluding hydrogens is 222 g/mol. The van der Waals surface area contributed by atoms with Gasteiger partial charge in [-0.2, -0.15) is 0 Å². The van der Waals surface area contributed by atoms with Crippen molar-refractivity contribution in [3.63, 3.8) is 0 Å². The zero-order valence-electron chi connectivity index (χ0n) is 12.0. The third-order valence-electron chi connectivity index (χ3n) is 4.54. The maximum atomic E-state index is 6.52. The first kappa shape index (κ1) is 13.4. The van der Waals surface area contributed by atoms with E-state index in [0.29, 0.717) is 0 Å². The first-order valence-electron chi connectivity index (χ1n) is 6.88. The van der Waals surface area contributed by atoms with Crippen LogP contribution in [0, 0.1) is 19.3 Å². The molecular formula is C16H25NO. The molecule has 1 aliphatic carbocycles. The van der Waals surface area contributed by atoms with Crippen LogP contribution in [0.4, 0.5) is 0 Å². The topological polar surface area (TPSA) is 35.2 Å². The van der Waals surface area contributed by atoms with E-state index in [0.717, 1.165) is 5.75 Å². The summed E-state index contributed by atoms with van der Waals surface area (Å²) in [6.07, 6.45) is 5.13. The van der Waals surface area contributed by atoms with Crippen molar-refractivity contribution in [3.8, 4) is 5.75 Å². The van der Waals surface area contributed by atoms with Crippen LogP contribution in [-0.2, 0) is 0 Å². The van der Waals surface area contributed by atoms with Crippen molar-refractivity contribution < 1.29 is 4.74 Å². The van der Waals surface area contributed by atoms with E-state index >= 15 is 0 Å². The lowest BCUT2D eigenvalue weighted by molar-refractivity contribution is 0.265. The fraction of sp³-hybridized carbons (Fsp3) is 0.625. The van der Waals surface area contributed by atoms with E-state index in [1.54, 1.807) is 7.11 Å². The molecule has 2 N–H and O–H groups in total. The van der Waals surface area contributed by atoms with E-state index in [2.05, 4.69) is 32.9 Å². The van der Waals surface area contributed by atoms with Gasteiger partial charge in [0.25, 0.3) is 0 Å². The van der Waals surface area contributed by atoms with E-state index in [4.69, 9.17) is 10.5 Å². The van der Waals surface area contributed by atoms with Crippen molar-refractivity contribution in [1.29, 1.82) is 0 Å². The van der Waals surface area contributed by atoms with Crippen molar-refractivity contribution in [1.82, 2.24) is 0 Å². The highest BCUT2D eigenvalue weighted by Crippen LogP contribution is 2.46. The summed E-state index contributed by atoms with van der Waals surface area (Å²) < 4.78 is 5.42. The molecule has 0 amide bonds. The minimum atomic E-state index is 0.142. The average molecular weight is 247 g/mol. The molecule has 1 aromatic rings. The number of hydrogen-bond acceptors (Lipinski definition) is 2. The van der Waals surface area contributed by atoms with Gasteiger partial charge in [-0.25, -0.2) is 0 Å². The van der Waals surface area contributed by atoms with Gasteiger partial charge >= 0.3 is 0 Å². The Labute approximate surface area is 111 Å². The van der Waals surface area contributed by atoms with Crippen molar-refractivity contribution in [2.24, 2.45) is 11.1 Å². The molecule has 1 aliphatic rings. The van der Waals surface area contributed by atoms with Crippen molar-refractivity contribution in [2.45, 2.75) is 52.5 Å². The van der Waals surface area contributed by atoms with Crippen LogP contribution in [0.5, 0.6) is 5.75 Å². The highest BCUT2D eigenvalue weighted by Gasteiger charge is 2.35. The van der Waals surface area contributed by atoms with Gasteiger partial charge in [0.1, 0.15) is 5.75 Å². The SMILES string of the molecule is COc1c(C)cc(C(N)C2(C)CCCC2)cc1C. The molecule has 0 aliphatic heterocycles. The summed E-state index contributed by atoms with van der Waals surface area (Å²) in [6.45, 7) is 6.53. The molecule has 2 nitrogen and oxygen atoms in total. The lowest BCUT2D eigenvalue weighted by Crippen LogP contribution is -2.29. The van der Waals surface area contributed by atoms with Crippen molar-refractivity contribution >= 4 is 0 Å². The summed E-state index contributed by atoms with van der Waals surface area (Å²) in [6, 6.07) is 4.53. The monoisotopic (exact) mass is 247 g/mol. The van der Waals surface area contributed by atoms with Crippen LogP contribution in [0.3, 0.4) is 0 Å². The number of hydrogen-bond donors (Lipinski definition) is 1. The van der Waals surface area contributed by atoms with Gasteiger partial charge in [0.2, 0.25) is 0 Å². The number of nitrogens with two attached hydrogens (primary N) is 1. The first-order chi connectivity index (χ1) is 8.48. The number of benzene rings is 1. The van der Waals surface area contributed by atoms with Gasteiger partial charge in [-0.15, -0.1) is 0 Å². The Kier molecular flexibility index (Phi) is 3.67. The fourth-order valence-corrected chi connectivity index (χ4v) is 3.38. The molecule has 1 unspecified atom stereocenters. The van der Waals surface area contributed by atoms with Crippen LogP contribution < -0.4 is 10.5 Å². The summed E-state index contributed by atoms with van der Waals surface area (Å²) in [5.74, 6) is 0.988. The standard InChI is InChI=1S/C16H25NO/c1-11-9-13(10-12(2)14(11)18-4)15(17)16(3)7-5-6-8-16/h9-10,15H,5-8,17H2,1-4H3.